The molecule has 1 saturated heterocycles. The lowest BCUT2D eigenvalue weighted by molar-refractivity contribution is -0.119. The Morgan fingerprint density at radius 3 is 2.81 bits per heavy atom. The second-order valence-electron chi connectivity index (χ2n) is 7.86. The van der Waals surface area contributed by atoms with Gasteiger partial charge in [-0.25, -0.2) is 4.98 Å². The molecule has 1 fully saturated rings. The van der Waals surface area contributed by atoms with Crippen LogP contribution in [-0.4, -0.2) is 50.0 Å². The van der Waals surface area contributed by atoms with Gasteiger partial charge in [0.15, 0.2) is 0 Å². The number of carbonyl (C=O) groups excluding carboxylic acids is 2. The maximum atomic E-state index is 12.7. The van der Waals surface area contributed by atoms with E-state index < -0.39 is 0 Å². The molecule has 3 rings (SSSR count). The first-order valence-electron chi connectivity index (χ1n) is 8.87. The van der Waals surface area contributed by atoms with Crippen molar-refractivity contribution in [2.45, 2.75) is 52.0 Å². The summed E-state index contributed by atoms with van der Waals surface area (Å²) in [6.45, 7) is 9.45. The van der Waals surface area contributed by atoms with Crippen molar-refractivity contribution in [2.24, 2.45) is 0 Å². The van der Waals surface area contributed by atoms with Crippen molar-refractivity contribution >= 4 is 11.8 Å². The fourth-order valence-electron chi connectivity index (χ4n) is 3.04. The van der Waals surface area contributed by atoms with E-state index in [1.807, 2.05) is 11.0 Å². The zero-order valence-corrected chi connectivity index (χ0v) is 15.7. The van der Waals surface area contributed by atoms with E-state index in [1.54, 1.807) is 6.20 Å². The van der Waals surface area contributed by atoms with Gasteiger partial charge in [0.05, 0.1) is 18.4 Å². The molecule has 0 aromatic carbocycles. The Hall–Kier alpha value is -2.64. The molecule has 26 heavy (non-hydrogen) atoms. The molecule has 1 atom stereocenters. The van der Waals surface area contributed by atoms with Crippen LogP contribution >= 0.6 is 0 Å². The Labute approximate surface area is 152 Å². The molecule has 140 valence electrons. The first-order valence-corrected chi connectivity index (χ1v) is 8.87. The number of nitrogens with zero attached hydrogens (tertiary/aromatic N) is 3. The van der Waals surface area contributed by atoms with Gasteiger partial charge in [0.2, 0.25) is 5.91 Å². The Morgan fingerprint density at radius 2 is 2.15 bits per heavy atom. The summed E-state index contributed by atoms with van der Waals surface area (Å²) in [6.07, 6.45) is 2.59. The smallest absolute Gasteiger partial charge is 0.274 e. The number of rotatable bonds is 4. The number of likely N-dealkylation sites (tertiary alicyclic amines) is 1. The van der Waals surface area contributed by atoms with Crippen molar-refractivity contribution in [1.82, 2.24) is 30.4 Å². The van der Waals surface area contributed by atoms with Gasteiger partial charge in [0.25, 0.3) is 5.91 Å². The lowest BCUT2D eigenvalue weighted by Gasteiger charge is -2.15. The van der Waals surface area contributed by atoms with Gasteiger partial charge in [-0.15, -0.1) is 0 Å². The third-order valence-corrected chi connectivity index (χ3v) is 4.64. The van der Waals surface area contributed by atoms with Gasteiger partial charge >= 0.3 is 0 Å². The molecule has 1 aliphatic rings. The van der Waals surface area contributed by atoms with Gasteiger partial charge in [-0.2, -0.15) is 5.10 Å². The summed E-state index contributed by atoms with van der Waals surface area (Å²) < 4.78 is 0. The second kappa shape index (κ2) is 6.93. The molecule has 1 aliphatic heterocycles. The van der Waals surface area contributed by atoms with Crippen LogP contribution in [0.5, 0.6) is 0 Å². The van der Waals surface area contributed by atoms with Crippen molar-refractivity contribution in [2.75, 3.05) is 13.1 Å². The van der Waals surface area contributed by atoms with E-state index >= 15 is 0 Å². The van der Waals surface area contributed by atoms with Gasteiger partial charge in [0, 0.05) is 37.0 Å². The summed E-state index contributed by atoms with van der Waals surface area (Å²) in [7, 11) is 0. The fourth-order valence-corrected chi connectivity index (χ4v) is 3.04. The molecule has 2 amide bonds. The van der Waals surface area contributed by atoms with E-state index in [2.05, 4.69) is 46.3 Å². The molecule has 0 bridgehead atoms. The van der Waals surface area contributed by atoms with Crippen LogP contribution in [0.3, 0.4) is 0 Å². The molecule has 8 heteroatoms. The van der Waals surface area contributed by atoms with Gasteiger partial charge in [-0.3, -0.25) is 14.7 Å². The average molecular weight is 358 g/mol. The molecule has 8 nitrogen and oxygen atoms in total. The van der Waals surface area contributed by atoms with Crippen LogP contribution in [0.2, 0.25) is 0 Å². The maximum Gasteiger partial charge on any atom is 0.274 e. The highest BCUT2D eigenvalue weighted by atomic mass is 16.2. The standard InChI is InChI=1S/C18H26N6O2/c1-11(25)19-8-13-9-20-16(21-13)12-5-6-24(10-12)17(26)14-7-15(23-22-14)18(2,3)4/h7,9,12H,5-6,8,10H2,1-4H3,(H,19,25)(H,20,21)(H,22,23). The first kappa shape index (κ1) is 18.2. The molecule has 0 radical (unpaired) electrons. The Bertz CT molecular complexity index is 801. The van der Waals surface area contributed by atoms with E-state index in [0.717, 1.165) is 23.6 Å². The summed E-state index contributed by atoms with van der Waals surface area (Å²) in [5.74, 6) is 0.904. The van der Waals surface area contributed by atoms with Gasteiger partial charge in [-0.1, -0.05) is 20.8 Å². The highest BCUT2D eigenvalue weighted by Crippen LogP contribution is 2.27. The number of aromatic nitrogens is 4. The SMILES string of the molecule is CC(=O)NCc1cnc(C2CCN(C(=O)c3cc(C(C)(C)C)[nH]n3)C2)[nH]1. The molecule has 0 saturated carbocycles. The van der Waals surface area contributed by atoms with Gasteiger partial charge in [0.1, 0.15) is 11.5 Å². The highest BCUT2D eigenvalue weighted by molar-refractivity contribution is 5.92. The minimum absolute atomic E-state index is 0.0516. The normalized spacial score (nSPS) is 17.5. The molecule has 2 aromatic rings. The number of carbonyl (C=O) groups is 2. The Balaban J connectivity index is 1.62. The monoisotopic (exact) mass is 358 g/mol. The quantitative estimate of drug-likeness (QED) is 0.773. The molecular formula is C18H26N6O2. The number of amides is 2. The number of nitrogens with one attached hydrogen (secondary N) is 3. The molecule has 0 aliphatic carbocycles. The van der Waals surface area contributed by atoms with Gasteiger partial charge < -0.3 is 15.2 Å². The third kappa shape index (κ3) is 3.95. The molecule has 1 unspecified atom stereocenters. The van der Waals surface area contributed by atoms with Crippen LogP contribution in [0.1, 0.15) is 67.7 Å². The number of hydrogen-bond donors (Lipinski definition) is 3. The van der Waals surface area contributed by atoms with Crippen molar-refractivity contribution in [3.05, 3.63) is 35.2 Å². The zero-order chi connectivity index (χ0) is 18.9. The van der Waals surface area contributed by atoms with Crippen LogP contribution in [0.25, 0.3) is 0 Å². The third-order valence-electron chi connectivity index (χ3n) is 4.64. The minimum atomic E-state index is -0.0765. The van der Waals surface area contributed by atoms with Crippen LogP contribution in [0.15, 0.2) is 12.3 Å². The maximum absolute atomic E-state index is 12.7. The van der Waals surface area contributed by atoms with Crippen LogP contribution in [0, 0.1) is 0 Å². The molecular weight excluding hydrogens is 332 g/mol. The topological polar surface area (TPSA) is 107 Å². The predicted molar refractivity (Wildman–Crippen MR) is 96.7 cm³/mol. The van der Waals surface area contributed by atoms with E-state index in [4.69, 9.17) is 0 Å². The van der Waals surface area contributed by atoms with E-state index in [0.29, 0.717) is 25.3 Å². The van der Waals surface area contributed by atoms with Crippen LogP contribution in [0.4, 0.5) is 0 Å². The van der Waals surface area contributed by atoms with Gasteiger partial charge in [-0.05, 0) is 12.5 Å². The lowest BCUT2D eigenvalue weighted by atomic mass is 9.92. The fraction of sp³-hybridized carbons (Fsp3) is 0.556. The van der Waals surface area contributed by atoms with Crippen molar-refractivity contribution in [3.63, 3.8) is 0 Å². The summed E-state index contributed by atoms with van der Waals surface area (Å²) >= 11 is 0. The van der Waals surface area contributed by atoms with Crippen molar-refractivity contribution < 1.29 is 9.59 Å². The largest absolute Gasteiger partial charge is 0.351 e. The first-order chi connectivity index (χ1) is 12.2. The summed E-state index contributed by atoms with van der Waals surface area (Å²) in [4.78, 5) is 33.2. The minimum Gasteiger partial charge on any atom is -0.351 e. The number of hydrogen-bond acceptors (Lipinski definition) is 4. The second-order valence-corrected chi connectivity index (χ2v) is 7.86. The Morgan fingerprint density at radius 1 is 1.38 bits per heavy atom. The van der Waals surface area contributed by atoms with E-state index in [1.165, 1.54) is 6.92 Å². The van der Waals surface area contributed by atoms with Crippen LogP contribution in [-0.2, 0) is 16.8 Å². The molecule has 2 aromatic heterocycles. The number of imidazole rings is 1. The summed E-state index contributed by atoms with van der Waals surface area (Å²) in [6, 6.07) is 1.84. The zero-order valence-electron chi connectivity index (χ0n) is 15.7. The van der Waals surface area contributed by atoms with Crippen LogP contribution < -0.4 is 5.32 Å². The summed E-state index contributed by atoms with van der Waals surface area (Å²) in [5.41, 5.74) is 2.20. The average Bonchev–Trinajstić information content (AvgIpc) is 3.30. The lowest BCUT2D eigenvalue weighted by Crippen LogP contribution is -2.28. The predicted octanol–water partition coefficient (Wildman–Crippen LogP) is 1.70. The van der Waals surface area contributed by atoms with E-state index in [-0.39, 0.29) is 23.1 Å². The number of H-pyrrole nitrogens is 2. The highest BCUT2D eigenvalue weighted by Gasteiger charge is 2.31. The van der Waals surface area contributed by atoms with Crippen molar-refractivity contribution in [1.29, 1.82) is 0 Å². The van der Waals surface area contributed by atoms with E-state index in [9.17, 15) is 9.59 Å². The Kier molecular flexibility index (Phi) is 4.84. The molecule has 3 heterocycles. The summed E-state index contributed by atoms with van der Waals surface area (Å²) in [5, 5.41) is 9.90. The molecule has 0 spiro atoms. The van der Waals surface area contributed by atoms with Crippen molar-refractivity contribution in [3.8, 4) is 0 Å². The number of aromatic amines is 2. The molecule has 3 N–H and O–H groups in total.